The van der Waals surface area contributed by atoms with Crippen LogP contribution < -0.4 is 5.32 Å². The molecule has 0 radical (unpaired) electrons. The van der Waals surface area contributed by atoms with Crippen molar-refractivity contribution in [2.45, 2.75) is 19.1 Å². The van der Waals surface area contributed by atoms with Gasteiger partial charge in [-0.3, -0.25) is 0 Å². The standard InChI is InChI=1S/C23H21NO4/c25-22(26)21(15-17-9-3-1-4-10-17)24-20-14-8-7-13-19(20)23(27)28-16-18-11-5-2-6-12-18/h1-14,21,24H,15-16H2,(H,25,26). The van der Waals surface area contributed by atoms with E-state index >= 15 is 0 Å². The molecule has 2 N–H and O–H groups in total. The number of carboxylic acids is 1. The molecule has 3 rings (SSSR count). The minimum atomic E-state index is -0.990. The Labute approximate surface area is 163 Å². The van der Waals surface area contributed by atoms with E-state index in [1.807, 2.05) is 60.7 Å². The second-order valence-corrected chi connectivity index (χ2v) is 6.33. The van der Waals surface area contributed by atoms with Crippen LogP contribution in [0.5, 0.6) is 0 Å². The second-order valence-electron chi connectivity index (χ2n) is 6.33. The molecule has 142 valence electrons. The van der Waals surface area contributed by atoms with Crippen LogP contribution in [0.25, 0.3) is 0 Å². The number of ether oxygens (including phenoxy) is 1. The summed E-state index contributed by atoms with van der Waals surface area (Å²) < 4.78 is 5.39. The molecule has 0 saturated heterocycles. The van der Waals surface area contributed by atoms with Crippen molar-refractivity contribution in [3.63, 3.8) is 0 Å². The molecule has 0 aromatic heterocycles. The molecule has 28 heavy (non-hydrogen) atoms. The number of nitrogens with one attached hydrogen (secondary N) is 1. The zero-order chi connectivity index (χ0) is 19.8. The molecule has 0 heterocycles. The van der Waals surface area contributed by atoms with Crippen molar-refractivity contribution in [2.75, 3.05) is 5.32 Å². The van der Waals surface area contributed by atoms with Gasteiger partial charge in [-0.15, -0.1) is 0 Å². The van der Waals surface area contributed by atoms with Crippen LogP contribution in [-0.4, -0.2) is 23.1 Å². The predicted octanol–water partition coefficient (Wildman–Crippen LogP) is 4.15. The van der Waals surface area contributed by atoms with Crippen LogP contribution in [0.1, 0.15) is 21.5 Å². The van der Waals surface area contributed by atoms with Crippen LogP contribution in [0.3, 0.4) is 0 Å². The summed E-state index contributed by atoms with van der Waals surface area (Å²) in [6.45, 7) is 0.153. The molecule has 0 saturated carbocycles. The summed E-state index contributed by atoms with van der Waals surface area (Å²) in [4.78, 5) is 24.3. The fourth-order valence-electron chi connectivity index (χ4n) is 2.83. The van der Waals surface area contributed by atoms with Gasteiger partial charge in [-0.1, -0.05) is 72.8 Å². The average Bonchev–Trinajstić information content (AvgIpc) is 2.73. The third-order valence-electron chi connectivity index (χ3n) is 4.27. The molecule has 0 bridgehead atoms. The quantitative estimate of drug-likeness (QED) is 0.579. The van der Waals surface area contributed by atoms with Crippen molar-refractivity contribution in [1.29, 1.82) is 0 Å². The summed E-state index contributed by atoms with van der Waals surface area (Å²) >= 11 is 0. The van der Waals surface area contributed by atoms with Crippen LogP contribution in [0.2, 0.25) is 0 Å². The smallest absolute Gasteiger partial charge is 0.340 e. The Hall–Kier alpha value is -3.60. The van der Waals surface area contributed by atoms with E-state index in [1.54, 1.807) is 24.3 Å². The molecule has 0 aliphatic heterocycles. The maximum absolute atomic E-state index is 12.5. The highest BCUT2D eigenvalue weighted by Gasteiger charge is 2.21. The minimum Gasteiger partial charge on any atom is -0.480 e. The first-order valence-electron chi connectivity index (χ1n) is 8.97. The Bertz CT molecular complexity index is 926. The molecule has 0 fully saturated rings. The van der Waals surface area contributed by atoms with E-state index in [1.165, 1.54) is 0 Å². The van der Waals surface area contributed by atoms with Gasteiger partial charge in [-0.2, -0.15) is 0 Å². The summed E-state index contributed by atoms with van der Waals surface area (Å²) in [6.07, 6.45) is 0.295. The van der Waals surface area contributed by atoms with Gasteiger partial charge in [0.05, 0.1) is 5.56 Å². The summed E-state index contributed by atoms with van der Waals surface area (Å²) in [6, 6.07) is 24.6. The van der Waals surface area contributed by atoms with Crippen molar-refractivity contribution in [2.24, 2.45) is 0 Å². The van der Waals surface area contributed by atoms with Gasteiger partial charge >= 0.3 is 11.9 Å². The van der Waals surface area contributed by atoms with Crippen LogP contribution in [-0.2, 0) is 22.6 Å². The summed E-state index contributed by atoms with van der Waals surface area (Å²) in [5.74, 6) is -1.49. The molecule has 1 unspecified atom stereocenters. The van der Waals surface area contributed by atoms with Crippen LogP contribution >= 0.6 is 0 Å². The fourth-order valence-corrected chi connectivity index (χ4v) is 2.83. The lowest BCUT2D eigenvalue weighted by atomic mass is 10.0. The first-order valence-corrected chi connectivity index (χ1v) is 8.97. The van der Waals surface area contributed by atoms with E-state index in [9.17, 15) is 14.7 Å². The summed E-state index contributed by atoms with van der Waals surface area (Å²) in [5.41, 5.74) is 2.52. The number of hydrogen-bond acceptors (Lipinski definition) is 4. The number of carbonyl (C=O) groups is 2. The molecule has 3 aromatic carbocycles. The monoisotopic (exact) mass is 375 g/mol. The lowest BCUT2D eigenvalue weighted by Crippen LogP contribution is -2.32. The van der Waals surface area contributed by atoms with Crippen molar-refractivity contribution < 1.29 is 19.4 Å². The van der Waals surface area contributed by atoms with Gasteiger partial charge in [0.1, 0.15) is 12.6 Å². The van der Waals surface area contributed by atoms with Gasteiger partial charge in [-0.05, 0) is 23.3 Å². The zero-order valence-electron chi connectivity index (χ0n) is 15.2. The van der Waals surface area contributed by atoms with E-state index in [-0.39, 0.29) is 6.61 Å². The van der Waals surface area contributed by atoms with Crippen molar-refractivity contribution >= 4 is 17.6 Å². The number of rotatable bonds is 8. The van der Waals surface area contributed by atoms with Crippen LogP contribution in [0, 0.1) is 0 Å². The first kappa shape index (κ1) is 19.2. The molecule has 0 aliphatic rings. The molecule has 0 aliphatic carbocycles. The number of aliphatic carboxylic acids is 1. The van der Waals surface area contributed by atoms with Crippen LogP contribution in [0.15, 0.2) is 84.9 Å². The Morgan fingerprint density at radius 2 is 1.39 bits per heavy atom. The predicted molar refractivity (Wildman–Crippen MR) is 107 cm³/mol. The highest BCUT2D eigenvalue weighted by Crippen LogP contribution is 2.19. The Morgan fingerprint density at radius 1 is 0.821 bits per heavy atom. The highest BCUT2D eigenvalue weighted by atomic mass is 16.5. The topological polar surface area (TPSA) is 75.6 Å². The maximum atomic E-state index is 12.5. The van der Waals surface area contributed by atoms with Crippen LogP contribution in [0.4, 0.5) is 5.69 Å². The Morgan fingerprint density at radius 3 is 2.04 bits per heavy atom. The molecule has 3 aromatic rings. The second kappa shape index (κ2) is 9.37. The largest absolute Gasteiger partial charge is 0.480 e. The SMILES string of the molecule is O=C(OCc1ccccc1)c1ccccc1NC(Cc1ccccc1)C(=O)O. The summed E-state index contributed by atoms with van der Waals surface area (Å²) in [7, 11) is 0. The van der Waals surface area contributed by atoms with Gasteiger partial charge in [0, 0.05) is 12.1 Å². The number of esters is 1. The summed E-state index contributed by atoms with van der Waals surface area (Å²) in [5, 5.41) is 12.6. The Kier molecular flexibility index (Phi) is 6.41. The van der Waals surface area contributed by atoms with Crippen molar-refractivity contribution in [3.05, 3.63) is 102 Å². The first-order chi connectivity index (χ1) is 13.6. The average molecular weight is 375 g/mol. The molecule has 5 heteroatoms. The van der Waals surface area contributed by atoms with E-state index in [0.29, 0.717) is 17.7 Å². The third-order valence-corrected chi connectivity index (χ3v) is 4.27. The maximum Gasteiger partial charge on any atom is 0.340 e. The van der Waals surface area contributed by atoms with E-state index in [2.05, 4.69) is 5.32 Å². The normalized spacial score (nSPS) is 11.4. The van der Waals surface area contributed by atoms with Gasteiger partial charge in [0.25, 0.3) is 0 Å². The highest BCUT2D eigenvalue weighted by molar-refractivity contribution is 5.96. The number of benzene rings is 3. The lowest BCUT2D eigenvalue weighted by molar-refractivity contribution is -0.137. The zero-order valence-corrected chi connectivity index (χ0v) is 15.2. The van der Waals surface area contributed by atoms with Gasteiger partial charge in [-0.25, -0.2) is 9.59 Å². The number of carbonyl (C=O) groups excluding carboxylic acids is 1. The van der Waals surface area contributed by atoms with Gasteiger partial charge < -0.3 is 15.2 Å². The van der Waals surface area contributed by atoms with E-state index in [0.717, 1.165) is 11.1 Å². The van der Waals surface area contributed by atoms with Crippen molar-refractivity contribution in [1.82, 2.24) is 0 Å². The van der Waals surface area contributed by atoms with Gasteiger partial charge in [0.2, 0.25) is 0 Å². The molecule has 1 atom stereocenters. The lowest BCUT2D eigenvalue weighted by Gasteiger charge is -2.18. The molecule has 5 nitrogen and oxygen atoms in total. The van der Waals surface area contributed by atoms with Crippen molar-refractivity contribution in [3.8, 4) is 0 Å². The van der Waals surface area contributed by atoms with Gasteiger partial charge in [0.15, 0.2) is 0 Å². The Balaban J connectivity index is 1.72. The number of carboxylic acid groups (broad SMARTS) is 1. The minimum absolute atomic E-state index is 0.153. The number of hydrogen-bond donors (Lipinski definition) is 2. The number of para-hydroxylation sites is 1. The molecule has 0 spiro atoms. The third kappa shape index (κ3) is 5.20. The van der Waals surface area contributed by atoms with E-state index in [4.69, 9.17) is 4.74 Å². The fraction of sp³-hybridized carbons (Fsp3) is 0.130. The molecular formula is C23H21NO4. The number of anilines is 1. The van der Waals surface area contributed by atoms with E-state index < -0.39 is 18.0 Å². The molecular weight excluding hydrogens is 354 g/mol. The molecule has 0 amide bonds.